The molecule has 0 unspecified atom stereocenters. The number of rotatable bonds is 5. The van der Waals surface area contributed by atoms with Gasteiger partial charge in [-0.1, -0.05) is 6.92 Å². The van der Waals surface area contributed by atoms with E-state index in [0.717, 1.165) is 37.2 Å². The molecule has 0 aliphatic carbocycles. The van der Waals surface area contributed by atoms with Crippen LogP contribution >= 0.6 is 0 Å². The number of carbonyl (C=O) groups is 1. The Kier molecular flexibility index (Phi) is 5.44. The van der Waals surface area contributed by atoms with Crippen LogP contribution in [0.15, 0.2) is 30.5 Å². The minimum atomic E-state index is -2.97. The zero-order valence-corrected chi connectivity index (χ0v) is 16.0. The highest BCUT2D eigenvalue weighted by Gasteiger charge is 2.31. The van der Waals surface area contributed by atoms with Crippen molar-refractivity contribution in [3.05, 3.63) is 52.8 Å². The number of aromatic nitrogens is 1. The van der Waals surface area contributed by atoms with Crippen molar-refractivity contribution in [1.29, 1.82) is 0 Å². The molecular formula is C21H25F2N3O. The maximum Gasteiger partial charge on any atom is 0.273 e. The number of pyridine rings is 1. The zero-order valence-electron chi connectivity index (χ0n) is 16.0. The van der Waals surface area contributed by atoms with Crippen LogP contribution in [-0.4, -0.2) is 24.0 Å². The van der Waals surface area contributed by atoms with Gasteiger partial charge in [-0.3, -0.25) is 9.78 Å². The molecule has 4 nitrogen and oxygen atoms in total. The first kappa shape index (κ1) is 19.3. The van der Waals surface area contributed by atoms with Crippen molar-refractivity contribution < 1.29 is 13.6 Å². The Bertz CT molecular complexity index is 845. The predicted molar refractivity (Wildman–Crippen MR) is 104 cm³/mol. The first-order valence-electron chi connectivity index (χ1n) is 9.33. The Hall–Kier alpha value is -2.50. The first-order chi connectivity index (χ1) is 12.8. The molecule has 1 N–H and O–H groups in total. The van der Waals surface area contributed by atoms with Gasteiger partial charge in [-0.15, -0.1) is 0 Å². The first-order valence-corrected chi connectivity index (χ1v) is 9.33. The second kappa shape index (κ2) is 7.62. The van der Waals surface area contributed by atoms with Crippen molar-refractivity contribution in [2.45, 2.75) is 46.0 Å². The maximum absolute atomic E-state index is 14.4. The average Bonchev–Trinajstić information content (AvgIpc) is 3.19. The van der Waals surface area contributed by atoms with Crippen LogP contribution < -0.4 is 10.2 Å². The summed E-state index contributed by atoms with van der Waals surface area (Å²) in [4.78, 5) is 19.0. The van der Waals surface area contributed by atoms with Crippen LogP contribution in [0.4, 0.5) is 20.2 Å². The second-order valence-corrected chi connectivity index (χ2v) is 7.10. The molecule has 2 aromatic rings. The number of alkyl halides is 2. The highest BCUT2D eigenvalue weighted by Crippen LogP contribution is 2.35. The van der Waals surface area contributed by atoms with Crippen molar-refractivity contribution >= 4 is 17.3 Å². The van der Waals surface area contributed by atoms with Gasteiger partial charge in [0.15, 0.2) is 0 Å². The van der Waals surface area contributed by atoms with E-state index in [9.17, 15) is 13.6 Å². The third-order valence-corrected chi connectivity index (χ3v) is 5.12. The fourth-order valence-electron chi connectivity index (χ4n) is 3.23. The summed E-state index contributed by atoms with van der Waals surface area (Å²) in [5.74, 6) is -3.37. The largest absolute Gasteiger partial charge is 0.372 e. The van der Waals surface area contributed by atoms with Crippen molar-refractivity contribution in [3.8, 4) is 0 Å². The molecular weight excluding hydrogens is 348 g/mol. The predicted octanol–water partition coefficient (Wildman–Crippen LogP) is 5.05. The number of nitrogens with one attached hydrogen (secondary N) is 1. The molecule has 6 heteroatoms. The maximum atomic E-state index is 14.4. The minimum Gasteiger partial charge on any atom is -0.372 e. The van der Waals surface area contributed by atoms with Gasteiger partial charge in [0.2, 0.25) is 0 Å². The fraction of sp³-hybridized carbons (Fsp3) is 0.429. The normalized spacial score (nSPS) is 14.5. The molecule has 1 aromatic heterocycles. The van der Waals surface area contributed by atoms with E-state index in [1.165, 1.54) is 19.1 Å². The Balaban J connectivity index is 1.94. The molecule has 27 heavy (non-hydrogen) atoms. The van der Waals surface area contributed by atoms with Crippen LogP contribution in [0.3, 0.4) is 0 Å². The smallest absolute Gasteiger partial charge is 0.273 e. The number of nitrogens with zero attached hydrogens (tertiary/aromatic N) is 2. The van der Waals surface area contributed by atoms with E-state index < -0.39 is 11.8 Å². The number of carbonyl (C=O) groups excluding carboxylic acids is 1. The summed E-state index contributed by atoms with van der Waals surface area (Å²) in [6.07, 6.45) is 3.33. The number of hydrogen-bond acceptors (Lipinski definition) is 3. The van der Waals surface area contributed by atoms with E-state index in [1.807, 2.05) is 19.9 Å². The van der Waals surface area contributed by atoms with Gasteiger partial charge in [0.25, 0.3) is 11.8 Å². The average molecular weight is 373 g/mol. The van der Waals surface area contributed by atoms with Gasteiger partial charge in [0, 0.05) is 42.0 Å². The number of hydrogen-bond donors (Lipinski definition) is 1. The molecule has 144 valence electrons. The van der Waals surface area contributed by atoms with E-state index in [2.05, 4.69) is 15.2 Å². The van der Waals surface area contributed by atoms with Gasteiger partial charge in [-0.25, -0.2) is 8.78 Å². The quantitative estimate of drug-likeness (QED) is 0.797. The summed E-state index contributed by atoms with van der Waals surface area (Å²) in [5.41, 5.74) is 3.20. The van der Waals surface area contributed by atoms with Gasteiger partial charge in [-0.05, 0) is 56.5 Å². The van der Waals surface area contributed by atoms with E-state index in [-0.39, 0.29) is 17.5 Å². The molecule has 3 rings (SSSR count). The lowest BCUT2D eigenvalue weighted by Crippen LogP contribution is -2.21. The zero-order chi connectivity index (χ0) is 19.6. The van der Waals surface area contributed by atoms with Crippen molar-refractivity contribution in [2.24, 2.45) is 0 Å². The van der Waals surface area contributed by atoms with Gasteiger partial charge in [0.05, 0.1) is 11.9 Å². The van der Waals surface area contributed by atoms with Crippen LogP contribution in [0.25, 0.3) is 0 Å². The third kappa shape index (κ3) is 4.26. The van der Waals surface area contributed by atoms with Gasteiger partial charge < -0.3 is 10.2 Å². The lowest BCUT2D eigenvalue weighted by Gasteiger charge is -2.22. The number of benzene rings is 1. The van der Waals surface area contributed by atoms with E-state index >= 15 is 0 Å². The van der Waals surface area contributed by atoms with E-state index in [4.69, 9.17) is 0 Å². The van der Waals surface area contributed by atoms with Crippen molar-refractivity contribution in [2.75, 3.05) is 23.3 Å². The van der Waals surface area contributed by atoms with Gasteiger partial charge in [0.1, 0.15) is 0 Å². The Morgan fingerprint density at radius 3 is 2.52 bits per heavy atom. The summed E-state index contributed by atoms with van der Waals surface area (Å²) < 4.78 is 28.7. The van der Waals surface area contributed by atoms with E-state index in [1.54, 1.807) is 12.3 Å². The lowest BCUT2D eigenvalue weighted by atomic mass is 10.0. The number of amides is 1. The highest BCUT2D eigenvalue weighted by atomic mass is 19.3. The Labute approximate surface area is 158 Å². The monoisotopic (exact) mass is 373 g/mol. The molecule has 1 fully saturated rings. The highest BCUT2D eigenvalue weighted by molar-refractivity contribution is 6.05. The third-order valence-electron chi connectivity index (χ3n) is 5.12. The van der Waals surface area contributed by atoms with Crippen LogP contribution in [0.1, 0.15) is 53.4 Å². The van der Waals surface area contributed by atoms with Gasteiger partial charge in [-0.2, -0.15) is 0 Å². The molecule has 1 aliphatic rings. The lowest BCUT2D eigenvalue weighted by molar-refractivity contribution is -0.00827. The molecule has 0 atom stereocenters. The summed E-state index contributed by atoms with van der Waals surface area (Å²) in [5, 5.41) is 2.78. The minimum absolute atomic E-state index is 0.113. The molecule has 2 heterocycles. The molecule has 0 spiro atoms. The fourth-order valence-corrected chi connectivity index (χ4v) is 3.23. The van der Waals surface area contributed by atoms with Crippen LogP contribution in [0, 0.1) is 13.8 Å². The second-order valence-electron chi connectivity index (χ2n) is 7.10. The Morgan fingerprint density at radius 2 is 1.89 bits per heavy atom. The molecule has 1 aromatic carbocycles. The molecule has 0 saturated carbocycles. The SMILES string of the molecule is CCC(F)(F)c1cc(C(=O)Nc2cnc(C)c(C)c2)cc(N2CCCC2)c1. The van der Waals surface area contributed by atoms with Gasteiger partial charge >= 0.3 is 0 Å². The molecule has 0 bridgehead atoms. The summed E-state index contributed by atoms with van der Waals surface area (Å²) in [6, 6.07) is 6.34. The van der Waals surface area contributed by atoms with Crippen LogP contribution in [0.2, 0.25) is 0 Å². The summed E-state index contributed by atoms with van der Waals surface area (Å²) >= 11 is 0. The van der Waals surface area contributed by atoms with Crippen molar-refractivity contribution in [3.63, 3.8) is 0 Å². The summed E-state index contributed by atoms with van der Waals surface area (Å²) in [6.45, 7) is 6.89. The summed E-state index contributed by atoms with van der Waals surface area (Å²) in [7, 11) is 0. The van der Waals surface area contributed by atoms with E-state index in [0.29, 0.717) is 11.4 Å². The topological polar surface area (TPSA) is 45.2 Å². The standard InChI is InChI=1S/C21H25F2N3O/c1-4-21(22,23)17-10-16(11-19(12-17)26-7-5-6-8-26)20(27)25-18-9-14(2)15(3)24-13-18/h9-13H,4-8H2,1-3H3,(H,25,27). The number of anilines is 2. The molecule has 1 amide bonds. The van der Waals surface area contributed by atoms with Crippen LogP contribution in [-0.2, 0) is 5.92 Å². The van der Waals surface area contributed by atoms with Crippen LogP contribution in [0.5, 0.6) is 0 Å². The molecule has 1 saturated heterocycles. The molecule has 0 radical (unpaired) electrons. The van der Waals surface area contributed by atoms with Crippen molar-refractivity contribution in [1.82, 2.24) is 4.98 Å². The number of halogens is 2. The number of aryl methyl sites for hydroxylation is 2. The molecule has 1 aliphatic heterocycles. The Morgan fingerprint density at radius 1 is 1.19 bits per heavy atom.